The van der Waals surface area contributed by atoms with Crippen LogP contribution in [0.3, 0.4) is 0 Å². The molecule has 1 heterocycles. The minimum absolute atomic E-state index is 0.0662. The maximum atomic E-state index is 13.6. The van der Waals surface area contributed by atoms with E-state index in [2.05, 4.69) is 0 Å². The predicted octanol–water partition coefficient (Wildman–Crippen LogP) is 2.35. The zero-order valence-electron chi connectivity index (χ0n) is 12.4. The molecule has 0 aliphatic heterocycles. The van der Waals surface area contributed by atoms with Gasteiger partial charge < -0.3 is 4.74 Å². The van der Waals surface area contributed by atoms with Crippen LogP contribution < -0.4 is 5.14 Å². The number of halogens is 1. The Morgan fingerprint density at radius 2 is 2.00 bits per heavy atom. The van der Waals surface area contributed by atoms with E-state index in [4.69, 9.17) is 9.88 Å². The predicted molar refractivity (Wildman–Crippen MR) is 85.9 cm³/mol. The van der Waals surface area contributed by atoms with Crippen molar-refractivity contribution in [1.29, 1.82) is 0 Å². The van der Waals surface area contributed by atoms with Crippen molar-refractivity contribution < 1.29 is 27.1 Å². The van der Waals surface area contributed by atoms with Gasteiger partial charge in [0, 0.05) is 6.42 Å². The van der Waals surface area contributed by atoms with E-state index < -0.39 is 27.4 Å². The summed E-state index contributed by atoms with van der Waals surface area (Å²) in [6.45, 7) is -0.0883. The average molecular weight is 371 g/mol. The number of esters is 1. The van der Waals surface area contributed by atoms with Crippen LogP contribution in [0.15, 0.2) is 40.6 Å². The van der Waals surface area contributed by atoms with Gasteiger partial charge >= 0.3 is 5.97 Å². The van der Waals surface area contributed by atoms with Crippen LogP contribution in [0.5, 0.6) is 0 Å². The van der Waals surface area contributed by atoms with Crippen LogP contribution in [0, 0.1) is 5.82 Å². The number of thiophene rings is 1. The summed E-state index contributed by atoms with van der Waals surface area (Å²) in [6.07, 6.45) is 0.465. The molecule has 2 rings (SSSR count). The van der Waals surface area contributed by atoms with E-state index >= 15 is 0 Å². The van der Waals surface area contributed by atoms with Gasteiger partial charge in [-0.05, 0) is 36.1 Å². The van der Waals surface area contributed by atoms with Crippen LogP contribution in [0.1, 0.15) is 32.9 Å². The average Bonchev–Trinajstić information content (AvgIpc) is 3.04. The fraction of sp³-hybridized carbons (Fsp3) is 0.200. The molecule has 0 aliphatic rings. The summed E-state index contributed by atoms with van der Waals surface area (Å²) < 4.78 is 41.0. The molecule has 2 aromatic rings. The molecule has 1 aromatic carbocycles. The highest BCUT2D eigenvalue weighted by Crippen LogP contribution is 2.16. The van der Waals surface area contributed by atoms with E-state index in [1.54, 1.807) is 17.5 Å². The van der Waals surface area contributed by atoms with Crippen molar-refractivity contribution in [3.63, 3.8) is 0 Å². The first kappa shape index (κ1) is 18.2. The van der Waals surface area contributed by atoms with E-state index in [1.165, 1.54) is 11.3 Å². The molecule has 0 saturated heterocycles. The van der Waals surface area contributed by atoms with Crippen LogP contribution in [-0.4, -0.2) is 26.8 Å². The molecule has 0 atom stereocenters. The molecule has 0 bridgehead atoms. The summed E-state index contributed by atoms with van der Waals surface area (Å²) in [7, 11) is -4.06. The molecule has 1 aromatic heterocycles. The highest BCUT2D eigenvalue weighted by molar-refractivity contribution is 7.89. The first-order valence-electron chi connectivity index (χ1n) is 6.85. The number of benzene rings is 1. The Bertz CT molecular complexity index is 847. The van der Waals surface area contributed by atoms with Gasteiger partial charge in [0.1, 0.15) is 5.82 Å². The topological polar surface area (TPSA) is 104 Å². The van der Waals surface area contributed by atoms with Crippen LogP contribution in [-0.2, 0) is 14.8 Å². The van der Waals surface area contributed by atoms with Gasteiger partial charge in [0.25, 0.3) is 0 Å². The molecule has 6 nitrogen and oxygen atoms in total. The lowest BCUT2D eigenvalue weighted by atomic mass is 10.2. The molecular weight excluding hydrogens is 357 g/mol. The quantitative estimate of drug-likeness (QED) is 0.457. The first-order chi connectivity index (χ1) is 11.3. The number of carbonyl (C=O) groups excluding carboxylic acids is 2. The van der Waals surface area contributed by atoms with Gasteiger partial charge in [0.15, 0.2) is 5.78 Å². The number of nitrogens with two attached hydrogens (primary N) is 1. The monoisotopic (exact) mass is 371 g/mol. The standard InChI is InChI=1S/C15H14FNO5S2/c16-12-6-5-10(24(17,20)21)9-11(12)15(19)22-7-1-3-13(18)14-4-2-8-23-14/h2,4-6,8-9H,1,3,7H2,(H2,17,20,21). The van der Waals surface area contributed by atoms with Gasteiger partial charge in [-0.15, -0.1) is 11.3 Å². The van der Waals surface area contributed by atoms with Gasteiger partial charge in [-0.25, -0.2) is 22.7 Å². The van der Waals surface area contributed by atoms with Gasteiger partial charge in [-0.2, -0.15) is 0 Å². The molecule has 0 fully saturated rings. The van der Waals surface area contributed by atoms with Crippen LogP contribution in [0.25, 0.3) is 0 Å². The molecule has 0 unspecified atom stereocenters. The lowest BCUT2D eigenvalue weighted by Gasteiger charge is -2.07. The first-order valence-corrected chi connectivity index (χ1v) is 9.28. The summed E-state index contributed by atoms with van der Waals surface area (Å²) >= 11 is 1.32. The number of ether oxygens (including phenoxy) is 1. The Hall–Kier alpha value is -2.10. The second kappa shape index (κ2) is 7.65. The van der Waals surface area contributed by atoms with Gasteiger partial charge in [0.05, 0.1) is 21.9 Å². The van der Waals surface area contributed by atoms with E-state index in [0.717, 1.165) is 18.2 Å². The third-order valence-electron chi connectivity index (χ3n) is 3.06. The largest absolute Gasteiger partial charge is 0.462 e. The fourth-order valence-electron chi connectivity index (χ4n) is 1.87. The summed E-state index contributed by atoms with van der Waals surface area (Å²) in [4.78, 5) is 23.8. The van der Waals surface area contributed by atoms with Crippen LogP contribution in [0.4, 0.5) is 4.39 Å². The zero-order valence-corrected chi connectivity index (χ0v) is 14.0. The van der Waals surface area contributed by atoms with Crippen LogP contribution >= 0.6 is 11.3 Å². The number of carbonyl (C=O) groups is 2. The molecule has 128 valence electrons. The number of hydrogen-bond donors (Lipinski definition) is 1. The van der Waals surface area contributed by atoms with Crippen LogP contribution in [0.2, 0.25) is 0 Å². The van der Waals surface area contributed by atoms with E-state index in [1.807, 2.05) is 0 Å². The van der Waals surface area contributed by atoms with Gasteiger partial charge in [-0.1, -0.05) is 6.07 Å². The number of hydrogen-bond acceptors (Lipinski definition) is 6. The number of Topliss-reactive ketones (excluding diaryl/α,β-unsaturated/α-hetero) is 1. The van der Waals surface area contributed by atoms with Crippen molar-refractivity contribution in [2.24, 2.45) is 5.14 Å². The SMILES string of the molecule is NS(=O)(=O)c1ccc(F)c(C(=O)OCCCC(=O)c2cccs2)c1. The number of primary sulfonamides is 1. The van der Waals surface area contributed by atoms with E-state index in [0.29, 0.717) is 4.88 Å². The minimum Gasteiger partial charge on any atom is -0.462 e. The van der Waals surface area contributed by atoms with Crippen molar-refractivity contribution in [2.45, 2.75) is 17.7 Å². The molecular formula is C15H14FNO5S2. The van der Waals surface area contributed by atoms with Crippen molar-refractivity contribution >= 4 is 33.1 Å². The Balaban J connectivity index is 1.92. The molecule has 0 saturated carbocycles. The normalized spacial score (nSPS) is 11.2. The summed E-state index contributed by atoms with van der Waals surface area (Å²) in [5, 5.41) is 6.72. The minimum atomic E-state index is -4.06. The second-order valence-corrected chi connectivity index (χ2v) is 7.34. The third-order valence-corrected chi connectivity index (χ3v) is 4.89. The lowest BCUT2D eigenvalue weighted by Crippen LogP contribution is -2.15. The summed E-state index contributed by atoms with van der Waals surface area (Å²) in [5.74, 6) is -1.99. The molecule has 0 aliphatic carbocycles. The van der Waals surface area contributed by atoms with Gasteiger partial charge in [0.2, 0.25) is 10.0 Å². The highest BCUT2D eigenvalue weighted by atomic mass is 32.2. The van der Waals surface area contributed by atoms with Crippen molar-refractivity contribution in [3.8, 4) is 0 Å². The Morgan fingerprint density at radius 1 is 1.25 bits per heavy atom. The third kappa shape index (κ3) is 4.70. The lowest BCUT2D eigenvalue weighted by molar-refractivity contribution is 0.0488. The summed E-state index contributed by atoms with van der Waals surface area (Å²) in [5.41, 5.74) is -0.522. The summed E-state index contributed by atoms with van der Waals surface area (Å²) in [6, 6.07) is 6.08. The number of rotatable bonds is 7. The fourth-order valence-corrected chi connectivity index (χ4v) is 3.11. The van der Waals surface area contributed by atoms with Crippen molar-refractivity contribution in [2.75, 3.05) is 6.61 Å². The van der Waals surface area contributed by atoms with Gasteiger partial charge in [-0.3, -0.25) is 4.79 Å². The molecule has 0 spiro atoms. The smallest absolute Gasteiger partial charge is 0.341 e. The van der Waals surface area contributed by atoms with E-state index in [-0.39, 0.29) is 30.1 Å². The molecule has 24 heavy (non-hydrogen) atoms. The van der Waals surface area contributed by atoms with E-state index in [9.17, 15) is 22.4 Å². The second-order valence-electron chi connectivity index (χ2n) is 4.83. The Kier molecular flexibility index (Phi) is 5.81. The zero-order chi connectivity index (χ0) is 17.7. The maximum absolute atomic E-state index is 13.6. The number of sulfonamides is 1. The molecule has 0 radical (unpaired) electrons. The van der Waals surface area contributed by atoms with Crippen molar-refractivity contribution in [1.82, 2.24) is 0 Å². The Morgan fingerprint density at radius 3 is 2.62 bits per heavy atom. The molecule has 0 amide bonds. The van der Waals surface area contributed by atoms with Crippen molar-refractivity contribution in [3.05, 3.63) is 52.0 Å². The molecule has 9 heteroatoms. The molecule has 2 N–H and O–H groups in total. The Labute approximate surface area is 142 Å². The highest BCUT2D eigenvalue weighted by Gasteiger charge is 2.18. The number of ketones is 1. The maximum Gasteiger partial charge on any atom is 0.341 e.